The Labute approximate surface area is 147 Å². The Kier molecular flexibility index (Phi) is 4.86. The van der Waals surface area contributed by atoms with Crippen LogP contribution in [-0.4, -0.2) is 35.1 Å². The maximum absolute atomic E-state index is 13.8. The molecule has 2 N–H and O–H groups in total. The minimum atomic E-state index is -4.72. The van der Waals surface area contributed by atoms with E-state index in [9.17, 15) is 22.8 Å². The number of carbonyl (C=O) groups is 1. The molecule has 0 radical (unpaired) electrons. The van der Waals surface area contributed by atoms with Crippen LogP contribution in [0.25, 0.3) is 0 Å². The van der Waals surface area contributed by atoms with E-state index in [1.165, 1.54) is 18.3 Å². The van der Waals surface area contributed by atoms with Crippen LogP contribution < -0.4 is 10.9 Å². The molecule has 3 rings (SSSR count). The second kappa shape index (κ2) is 6.95. The van der Waals surface area contributed by atoms with Gasteiger partial charge in [-0.1, -0.05) is 30.3 Å². The first kappa shape index (κ1) is 18.2. The fraction of sp³-hybridized carbons (Fsp3) is 0.333. The number of aromatic nitrogens is 1. The Morgan fingerprint density at radius 2 is 1.92 bits per heavy atom. The highest BCUT2D eigenvalue weighted by molar-refractivity contribution is 5.96. The number of alkyl halides is 3. The zero-order valence-electron chi connectivity index (χ0n) is 13.8. The molecule has 5 nitrogen and oxygen atoms in total. The number of hydrogen-bond acceptors (Lipinski definition) is 3. The molecule has 8 heteroatoms. The summed E-state index contributed by atoms with van der Waals surface area (Å²) in [5.74, 6) is -1.20. The van der Waals surface area contributed by atoms with Gasteiger partial charge in [0.05, 0.1) is 0 Å². The highest BCUT2D eigenvalue weighted by Crippen LogP contribution is 2.46. The van der Waals surface area contributed by atoms with E-state index in [0.29, 0.717) is 6.54 Å². The number of halogens is 3. The second-order valence-corrected chi connectivity index (χ2v) is 6.39. The molecule has 1 aliphatic rings. The number of rotatable bonds is 4. The van der Waals surface area contributed by atoms with Crippen LogP contribution in [-0.2, 0) is 11.3 Å². The van der Waals surface area contributed by atoms with Crippen molar-refractivity contribution in [3.8, 4) is 0 Å². The number of carbonyl (C=O) groups excluding carboxylic acids is 1. The van der Waals surface area contributed by atoms with Crippen molar-refractivity contribution in [3.05, 3.63) is 64.6 Å². The molecular weight excluding hydrogens is 347 g/mol. The van der Waals surface area contributed by atoms with Gasteiger partial charge >= 0.3 is 6.18 Å². The third kappa shape index (κ3) is 3.50. The number of pyridine rings is 1. The lowest BCUT2D eigenvalue weighted by atomic mass is 9.85. The van der Waals surface area contributed by atoms with E-state index in [2.05, 4.69) is 10.3 Å². The Bertz CT molecular complexity index is 835. The van der Waals surface area contributed by atoms with E-state index >= 15 is 0 Å². The number of nitrogens with one attached hydrogen (secondary N) is 2. The quantitative estimate of drug-likeness (QED) is 0.876. The summed E-state index contributed by atoms with van der Waals surface area (Å²) in [7, 11) is 0. The zero-order valence-corrected chi connectivity index (χ0v) is 13.8. The van der Waals surface area contributed by atoms with Crippen molar-refractivity contribution < 1.29 is 18.0 Å². The van der Waals surface area contributed by atoms with Gasteiger partial charge in [0.2, 0.25) is 5.91 Å². The van der Waals surface area contributed by atoms with Gasteiger partial charge in [0.25, 0.3) is 5.56 Å². The molecule has 1 saturated heterocycles. The predicted molar refractivity (Wildman–Crippen MR) is 90.5 cm³/mol. The van der Waals surface area contributed by atoms with Crippen LogP contribution in [0.5, 0.6) is 0 Å². The molecule has 0 aliphatic carbocycles. The highest BCUT2D eigenvalue weighted by Gasteiger charge is 2.63. The van der Waals surface area contributed by atoms with Crippen LogP contribution >= 0.6 is 0 Å². The van der Waals surface area contributed by atoms with Crippen molar-refractivity contribution in [2.24, 2.45) is 5.41 Å². The summed E-state index contributed by atoms with van der Waals surface area (Å²) in [6.07, 6.45) is -3.72. The van der Waals surface area contributed by atoms with Crippen LogP contribution in [0.15, 0.2) is 53.5 Å². The standard InChI is InChI=1S/C18H18F3N3O2/c19-18(20,21)17(16(26)23-14-7-4-9-22-15(14)25)8-10-24(12-17)11-13-5-2-1-3-6-13/h1-7,9H,8,10-12H2,(H,22,25)(H,23,26). The zero-order chi connectivity index (χ0) is 18.8. The average Bonchev–Trinajstić information content (AvgIpc) is 3.03. The fourth-order valence-corrected chi connectivity index (χ4v) is 3.17. The van der Waals surface area contributed by atoms with Crippen LogP contribution in [0.3, 0.4) is 0 Å². The lowest BCUT2D eigenvalue weighted by Crippen LogP contribution is -2.50. The van der Waals surface area contributed by atoms with E-state index in [1.807, 2.05) is 30.3 Å². The largest absolute Gasteiger partial charge is 0.404 e. The number of anilines is 1. The van der Waals surface area contributed by atoms with Gasteiger partial charge in [-0.25, -0.2) is 0 Å². The summed E-state index contributed by atoms with van der Waals surface area (Å²) in [6, 6.07) is 11.8. The van der Waals surface area contributed by atoms with Crippen molar-refractivity contribution in [1.29, 1.82) is 0 Å². The minimum absolute atomic E-state index is 0.146. The molecule has 1 fully saturated rings. The molecule has 1 atom stereocenters. The van der Waals surface area contributed by atoms with Crippen molar-refractivity contribution >= 4 is 11.6 Å². The van der Waals surface area contributed by atoms with E-state index in [-0.39, 0.29) is 18.7 Å². The van der Waals surface area contributed by atoms with Gasteiger partial charge in [0.15, 0.2) is 5.41 Å². The lowest BCUT2D eigenvalue weighted by molar-refractivity contribution is -0.215. The van der Waals surface area contributed by atoms with Gasteiger partial charge in [0.1, 0.15) is 5.69 Å². The Balaban J connectivity index is 1.81. The van der Waals surface area contributed by atoms with E-state index in [1.54, 1.807) is 4.90 Å². The summed E-state index contributed by atoms with van der Waals surface area (Å²) >= 11 is 0. The number of likely N-dealkylation sites (tertiary alicyclic amines) is 1. The van der Waals surface area contributed by atoms with Crippen LogP contribution in [0, 0.1) is 5.41 Å². The van der Waals surface area contributed by atoms with E-state index < -0.39 is 29.6 Å². The average molecular weight is 365 g/mol. The molecule has 26 heavy (non-hydrogen) atoms. The first-order valence-electron chi connectivity index (χ1n) is 8.14. The summed E-state index contributed by atoms with van der Waals surface area (Å²) in [5.41, 5.74) is -2.49. The molecule has 2 heterocycles. The summed E-state index contributed by atoms with van der Waals surface area (Å²) in [6.45, 7) is 0.0345. The van der Waals surface area contributed by atoms with Gasteiger partial charge in [-0.3, -0.25) is 14.5 Å². The van der Waals surface area contributed by atoms with Gasteiger partial charge in [-0.15, -0.1) is 0 Å². The number of aromatic amines is 1. The molecule has 1 aliphatic heterocycles. The SMILES string of the molecule is O=C(Nc1ccc[nH]c1=O)C1(C(F)(F)F)CCN(Cc2ccccc2)C1. The topological polar surface area (TPSA) is 65.2 Å². The Hall–Kier alpha value is -2.61. The molecule has 1 unspecified atom stereocenters. The maximum atomic E-state index is 13.8. The van der Waals surface area contributed by atoms with Crippen molar-refractivity contribution in [2.75, 3.05) is 18.4 Å². The predicted octanol–water partition coefficient (Wildman–Crippen LogP) is 2.77. The second-order valence-electron chi connectivity index (χ2n) is 6.39. The maximum Gasteiger partial charge on any atom is 0.404 e. The Morgan fingerprint density at radius 1 is 1.19 bits per heavy atom. The summed E-state index contributed by atoms with van der Waals surface area (Å²) < 4.78 is 41.4. The minimum Gasteiger partial charge on any atom is -0.327 e. The smallest absolute Gasteiger partial charge is 0.327 e. The monoisotopic (exact) mass is 365 g/mol. The molecular formula is C18H18F3N3O2. The number of H-pyrrole nitrogens is 1. The highest BCUT2D eigenvalue weighted by atomic mass is 19.4. The summed E-state index contributed by atoms with van der Waals surface area (Å²) in [4.78, 5) is 28.1. The fourth-order valence-electron chi connectivity index (χ4n) is 3.17. The van der Waals surface area contributed by atoms with Crippen LogP contribution in [0.1, 0.15) is 12.0 Å². The Morgan fingerprint density at radius 3 is 2.58 bits per heavy atom. The molecule has 0 saturated carbocycles. The molecule has 0 bridgehead atoms. The molecule has 1 amide bonds. The first-order valence-corrected chi connectivity index (χ1v) is 8.14. The third-order valence-electron chi connectivity index (χ3n) is 4.64. The first-order chi connectivity index (χ1) is 12.3. The van der Waals surface area contributed by atoms with E-state index in [0.717, 1.165) is 5.56 Å². The van der Waals surface area contributed by atoms with Gasteiger partial charge in [-0.05, 0) is 30.7 Å². The van der Waals surface area contributed by atoms with Crippen LogP contribution in [0.4, 0.5) is 18.9 Å². The number of benzene rings is 1. The number of hydrogen-bond donors (Lipinski definition) is 2. The number of nitrogens with zero attached hydrogens (tertiary/aromatic N) is 1. The lowest BCUT2D eigenvalue weighted by Gasteiger charge is -2.30. The van der Waals surface area contributed by atoms with Crippen molar-refractivity contribution in [3.63, 3.8) is 0 Å². The molecule has 0 spiro atoms. The van der Waals surface area contributed by atoms with Crippen molar-refractivity contribution in [1.82, 2.24) is 9.88 Å². The normalized spacial score (nSPS) is 20.9. The van der Waals surface area contributed by atoms with Crippen LogP contribution in [0.2, 0.25) is 0 Å². The molecule has 2 aromatic rings. The third-order valence-corrected chi connectivity index (χ3v) is 4.64. The van der Waals surface area contributed by atoms with Gasteiger partial charge in [-0.2, -0.15) is 13.2 Å². The molecule has 138 valence electrons. The van der Waals surface area contributed by atoms with Gasteiger partial charge < -0.3 is 10.3 Å². The molecule has 1 aromatic heterocycles. The van der Waals surface area contributed by atoms with Gasteiger partial charge in [0, 0.05) is 19.3 Å². The summed E-state index contributed by atoms with van der Waals surface area (Å²) in [5, 5.41) is 2.15. The van der Waals surface area contributed by atoms with E-state index in [4.69, 9.17) is 0 Å². The molecule has 1 aromatic carbocycles. The van der Waals surface area contributed by atoms with Crippen molar-refractivity contribution in [2.45, 2.75) is 19.1 Å². The number of amides is 1.